The van der Waals surface area contributed by atoms with E-state index < -0.39 is 5.60 Å². The minimum absolute atomic E-state index is 0.171. The third-order valence-corrected chi connectivity index (χ3v) is 2.72. The van der Waals surface area contributed by atoms with E-state index in [9.17, 15) is 9.59 Å². The van der Waals surface area contributed by atoms with E-state index in [2.05, 4.69) is 6.92 Å². The summed E-state index contributed by atoms with van der Waals surface area (Å²) in [4.78, 5) is 22.7. The molecule has 0 fully saturated rings. The quantitative estimate of drug-likeness (QED) is 0.381. The molecule has 0 amide bonds. The van der Waals surface area contributed by atoms with Crippen molar-refractivity contribution in [2.45, 2.75) is 65.4 Å². The van der Waals surface area contributed by atoms with Gasteiger partial charge in [0, 0.05) is 6.42 Å². The summed E-state index contributed by atoms with van der Waals surface area (Å²) in [6, 6.07) is 0. The van der Waals surface area contributed by atoms with E-state index in [0.717, 1.165) is 19.3 Å². The van der Waals surface area contributed by atoms with Crippen molar-refractivity contribution in [3.63, 3.8) is 0 Å². The van der Waals surface area contributed by atoms with Crippen molar-refractivity contribution < 1.29 is 28.5 Å². The Labute approximate surface area is 139 Å². The Morgan fingerprint density at radius 1 is 0.783 bits per heavy atom. The summed E-state index contributed by atoms with van der Waals surface area (Å²) in [6.07, 6.45) is 3.71. The second-order valence-corrected chi connectivity index (χ2v) is 6.24. The van der Waals surface area contributed by atoms with Gasteiger partial charge in [-0.1, -0.05) is 19.8 Å². The molecule has 0 saturated carbocycles. The number of rotatable bonds is 13. The molecule has 0 aliphatic rings. The molecule has 23 heavy (non-hydrogen) atoms. The van der Waals surface area contributed by atoms with Crippen molar-refractivity contribution >= 4 is 11.9 Å². The second-order valence-electron chi connectivity index (χ2n) is 6.24. The van der Waals surface area contributed by atoms with Gasteiger partial charge in [0.25, 0.3) is 0 Å². The standard InChI is InChI=1S/C17H32O6/c1-5-6-7-8-15(18)22-14-13-21-12-11-20-10-9-16(19)23-17(2,3)4/h5-14H2,1-4H3. The van der Waals surface area contributed by atoms with Gasteiger partial charge in [0.2, 0.25) is 0 Å². The first-order chi connectivity index (χ1) is 10.8. The summed E-state index contributed by atoms with van der Waals surface area (Å²) in [6.45, 7) is 9.31. The molecule has 0 saturated heterocycles. The Bertz CT molecular complexity index is 322. The molecular formula is C17H32O6. The van der Waals surface area contributed by atoms with Crippen LogP contribution in [0.25, 0.3) is 0 Å². The molecule has 0 N–H and O–H groups in total. The minimum atomic E-state index is -0.464. The van der Waals surface area contributed by atoms with Crippen LogP contribution in [0.2, 0.25) is 0 Å². The highest BCUT2D eigenvalue weighted by Crippen LogP contribution is 2.08. The van der Waals surface area contributed by atoms with Gasteiger partial charge < -0.3 is 18.9 Å². The van der Waals surface area contributed by atoms with Gasteiger partial charge in [-0.05, 0) is 27.2 Å². The maximum Gasteiger partial charge on any atom is 0.308 e. The van der Waals surface area contributed by atoms with Crippen LogP contribution in [0.3, 0.4) is 0 Å². The first kappa shape index (κ1) is 21.9. The van der Waals surface area contributed by atoms with Gasteiger partial charge >= 0.3 is 11.9 Å². The number of ether oxygens (including phenoxy) is 4. The zero-order chi connectivity index (χ0) is 17.6. The molecular weight excluding hydrogens is 300 g/mol. The van der Waals surface area contributed by atoms with Crippen LogP contribution in [-0.4, -0.2) is 50.6 Å². The highest BCUT2D eigenvalue weighted by Gasteiger charge is 2.15. The zero-order valence-electron chi connectivity index (χ0n) is 15.0. The van der Waals surface area contributed by atoms with Gasteiger partial charge in [-0.2, -0.15) is 0 Å². The van der Waals surface area contributed by atoms with Crippen LogP contribution in [0.15, 0.2) is 0 Å². The predicted octanol–water partition coefficient (Wildman–Crippen LogP) is 2.87. The molecule has 0 aliphatic carbocycles. The van der Waals surface area contributed by atoms with Crippen molar-refractivity contribution in [1.29, 1.82) is 0 Å². The fraction of sp³-hybridized carbons (Fsp3) is 0.882. The Hall–Kier alpha value is -1.14. The largest absolute Gasteiger partial charge is 0.463 e. The third-order valence-electron chi connectivity index (χ3n) is 2.72. The molecule has 0 unspecified atom stereocenters. The zero-order valence-corrected chi connectivity index (χ0v) is 15.0. The van der Waals surface area contributed by atoms with Crippen molar-refractivity contribution in [1.82, 2.24) is 0 Å². The molecule has 0 atom stereocenters. The van der Waals surface area contributed by atoms with Gasteiger partial charge in [0.1, 0.15) is 12.2 Å². The van der Waals surface area contributed by atoms with Crippen molar-refractivity contribution in [2.24, 2.45) is 0 Å². The lowest BCUT2D eigenvalue weighted by Crippen LogP contribution is -2.24. The minimum Gasteiger partial charge on any atom is -0.463 e. The molecule has 0 aromatic carbocycles. The van der Waals surface area contributed by atoms with Gasteiger partial charge in [0.15, 0.2) is 0 Å². The number of unbranched alkanes of at least 4 members (excludes halogenated alkanes) is 2. The molecule has 0 bridgehead atoms. The molecule has 0 rings (SSSR count). The van der Waals surface area contributed by atoms with E-state index in [4.69, 9.17) is 18.9 Å². The van der Waals surface area contributed by atoms with E-state index in [0.29, 0.717) is 32.8 Å². The predicted molar refractivity (Wildman–Crippen MR) is 87.2 cm³/mol. The Kier molecular flexibility index (Phi) is 12.7. The molecule has 0 aromatic rings. The van der Waals surface area contributed by atoms with Crippen LogP contribution in [-0.2, 0) is 28.5 Å². The van der Waals surface area contributed by atoms with E-state index in [1.54, 1.807) is 0 Å². The molecule has 0 heterocycles. The maximum atomic E-state index is 11.4. The molecule has 6 heteroatoms. The molecule has 136 valence electrons. The lowest BCUT2D eigenvalue weighted by atomic mass is 10.2. The van der Waals surface area contributed by atoms with Gasteiger partial charge in [-0.3, -0.25) is 9.59 Å². The monoisotopic (exact) mass is 332 g/mol. The van der Waals surface area contributed by atoms with Crippen LogP contribution >= 0.6 is 0 Å². The van der Waals surface area contributed by atoms with Gasteiger partial charge in [-0.15, -0.1) is 0 Å². The lowest BCUT2D eigenvalue weighted by Gasteiger charge is -2.19. The summed E-state index contributed by atoms with van der Waals surface area (Å²) in [7, 11) is 0. The average Bonchev–Trinajstić information content (AvgIpc) is 2.44. The van der Waals surface area contributed by atoms with E-state index >= 15 is 0 Å². The van der Waals surface area contributed by atoms with Gasteiger partial charge in [0.05, 0.1) is 32.8 Å². The van der Waals surface area contributed by atoms with Crippen LogP contribution in [0.1, 0.15) is 59.8 Å². The van der Waals surface area contributed by atoms with E-state index in [1.807, 2.05) is 20.8 Å². The number of carbonyl (C=O) groups is 2. The fourth-order valence-electron chi connectivity index (χ4n) is 1.68. The summed E-state index contributed by atoms with van der Waals surface area (Å²) in [5, 5.41) is 0. The second kappa shape index (κ2) is 13.3. The SMILES string of the molecule is CCCCCC(=O)OCCOCCOCCC(=O)OC(C)(C)C. The Balaban J connectivity index is 3.31. The van der Waals surface area contributed by atoms with Crippen LogP contribution in [0.4, 0.5) is 0 Å². The highest BCUT2D eigenvalue weighted by atomic mass is 16.6. The molecule has 0 aromatic heterocycles. The van der Waals surface area contributed by atoms with Crippen LogP contribution in [0.5, 0.6) is 0 Å². The summed E-state index contributed by atoms with van der Waals surface area (Å²) in [5.41, 5.74) is -0.464. The molecule has 6 nitrogen and oxygen atoms in total. The number of hydrogen-bond donors (Lipinski definition) is 0. The van der Waals surface area contributed by atoms with Crippen molar-refractivity contribution in [3.8, 4) is 0 Å². The molecule has 0 radical (unpaired) electrons. The number of esters is 2. The van der Waals surface area contributed by atoms with Crippen LogP contribution in [0, 0.1) is 0 Å². The topological polar surface area (TPSA) is 71.1 Å². The highest BCUT2D eigenvalue weighted by molar-refractivity contribution is 5.70. The molecule has 0 aliphatic heterocycles. The Morgan fingerprint density at radius 2 is 1.39 bits per heavy atom. The Morgan fingerprint density at radius 3 is 2.00 bits per heavy atom. The van der Waals surface area contributed by atoms with Crippen molar-refractivity contribution in [2.75, 3.05) is 33.0 Å². The lowest BCUT2D eigenvalue weighted by molar-refractivity contribution is -0.156. The first-order valence-corrected chi connectivity index (χ1v) is 8.38. The van der Waals surface area contributed by atoms with Crippen LogP contribution < -0.4 is 0 Å². The number of carbonyl (C=O) groups excluding carboxylic acids is 2. The summed E-state index contributed by atoms with van der Waals surface area (Å²) < 4.78 is 20.7. The average molecular weight is 332 g/mol. The smallest absolute Gasteiger partial charge is 0.308 e. The summed E-state index contributed by atoms with van der Waals surface area (Å²) >= 11 is 0. The van der Waals surface area contributed by atoms with Gasteiger partial charge in [-0.25, -0.2) is 0 Å². The maximum absolute atomic E-state index is 11.4. The first-order valence-electron chi connectivity index (χ1n) is 8.38. The van der Waals surface area contributed by atoms with E-state index in [-0.39, 0.29) is 25.0 Å². The third kappa shape index (κ3) is 17.1. The van der Waals surface area contributed by atoms with Crippen molar-refractivity contribution in [3.05, 3.63) is 0 Å². The normalized spacial score (nSPS) is 11.3. The fourth-order valence-corrected chi connectivity index (χ4v) is 1.68. The van der Waals surface area contributed by atoms with E-state index in [1.165, 1.54) is 0 Å². The summed E-state index contributed by atoms with van der Waals surface area (Å²) in [5.74, 6) is -0.441. The number of hydrogen-bond acceptors (Lipinski definition) is 6. The molecule has 0 spiro atoms.